The molecular formula is C22H24ClN3O2. The van der Waals surface area contributed by atoms with E-state index in [0.717, 1.165) is 24.0 Å². The zero-order valence-electron chi connectivity index (χ0n) is 15.6. The first-order valence-corrected chi connectivity index (χ1v) is 9.28. The van der Waals surface area contributed by atoms with E-state index in [1.54, 1.807) is 6.26 Å². The van der Waals surface area contributed by atoms with E-state index in [2.05, 4.69) is 17.3 Å². The fraction of sp³-hybridized carbons (Fsp3) is 0.273. The lowest BCUT2D eigenvalue weighted by molar-refractivity contribution is 0.0660. The van der Waals surface area contributed by atoms with Gasteiger partial charge in [-0.1, -0.05) is 65.8 Å². The van der Waals surface area contributed by atoms with Gasteiger partial charge in [-0.3, -0.25) is 4.79 Å². The van der Waals surface area contributed by atoms with Crippen LogP contribution in [0, 0.1) is 0 Å². The maximum Gasteiger partial charge on any atom is 0.276 e. The van der Waals surface area contributed by atoms with Crippen LogP contribution in [0.3, 0.4) is 0 Å². The van der Waals surface area contributed by atoms with Crippen LogP contribution in [0.5, 0.6) is 0 Å². The third-order valence-corrected chi connectivity index (χ3v) is 5.64. The Morgan fingerprint density at radius 1 is 1.04 bits per heavy atom. The summed E-state index contributed by atoms with van der Waals surface area (Å²) in [5.41, 5.74) is 9.39. The zero-order valence-corrected chi connectivity index (χ0v) is 16.4. The fourth-order valence-electron chi connectivity index (χ4n) is 3.90. The highest BCUT2D eigenvalue weighted by Gasteiger charge is 2.37. The third kappa shape index (κ3) is 3.68. The van der Waals surface area contributed by atoms with Gasteiger partial charge in [-0.15, -0.1) is 12.4 Å². The van der Waals surface area contributed by atoms with Crippen LogP contribution in [0.15, 0.2) is 71.4 Å². The predicted molar refractivity (Wildman–Crippen MR) is 111 cm³/mol. The molecule has 2 aromatic carbocycles. The summed E-state index contributed by atoms with van der Waals surface area (Å²) in [6.45, 7) is 1.90. The van der Waals surface area contributed by atoms with E-state index in [0.29, 0.717) is 25.3 Å². The second-order valence-corrected chi connectivity index (χ2v) is 7.09. The number of piperidine rings is 1. The molecule has 1 aliphatic heterocycles. The first-order valence-electron chi connectivity index (χ1n) is 9.28. The normalized spacial score (nSPS) is 15.7. The van der Waals surface area contributed by atoms with Crippen molar-refractivity contribution in [1.82, 2.24) is 10.1 Å². The number of halogens is 1. The number of benzene rings is 2. The van der Waals surface area contributed by atoms with E-state index in [-0.39, 0.29) is 23.7 Å². The number of nitrogens with two attached hydrogens (primary N) is 1. The Morgan fingerprint density at radius 3 is 2.25 bits per heavy atom. The van der Waals surface area contributed by atoms with Crippen LogP contribution in [0.4, 0.5) is 0 Å². The van der Waals surface area contributed by atoms with Gasteiger partial charge >= 0.3 is 0 Å². The average Bonchev–Trinajstić information content (AvgIpc) is 3.24. The Morgan fingerprint density at radius 2 is 1.64 bits per heavy atom. The number of amides is 1. The molecule has 1 saturated heterocycles. The van der Waals surface area contributed by atoms with Crippen molar-refractivity contribution in [3.8, 4) is 11.1 Å². The third-order valence-electron chi connectivity index (χ3n) is 5.64. The molecule has 1 amide bonds. The molecule has 0 radical (unpaired) electrons. The van der Waals surface area contributed by atoms with Crippen LogP contribution in [0.1, 0.15) is 28.9 Å². The van der Waals surface area contributed by atoms with Gasteiger partial charge in [-0.25, -0.2) is 0 Å². The number of hydrogen-bond donors (Lipinski definition) is 1. The molecule has 1 aliphatic rings. The van der Waals surface area contributed by atoms with Crippen molar-refractivity contribution in [3.05, 3.63) is 78.2 Å². The first kappa shape index (κ1) is 20.1. The molecule has 0 saturated carbocycles. The quantitative estimate of drug-likeness (QED) is 0.724. The van der Waals surface area contributed by atoms with E-state index >= 15 is 0 Å². The number of carbonyl (C=O) groups excluding carboxylic acids is 1. The molecule has 0 spiro atoms. The molecule has 6 heteroatoms. The summed E-state index contributed by atoms with van der Waals surface area (Å²) in [6, 6.07) is 20.1. The van der Waals surface area contributed by atoms with E-state index < -0.39 is 0 Å². The number of likely N-dealkylation sites (tertiary alicyclic amines) is 1. The Hall–Kier alpha value is -2.63. The molecule has 4 rings (SSSR count). The smallest absolute Gasteiger partial charge is 0.276 e. The van der Waals surface area contributed by atoms with Gasteiger partial charge in [0.25, 0.3) is 5.91 Å². The number of aromatic nitrogens is 1. The average molecular weight is 398 g/mol. The van der Waals surface area contributed by atoms with Crippen molar-refractivity contribution in [2.24, 2.45) is 5.73 Å². The van der Waals surface area contributed by atoms with Crippen molar-refractivity contribution < 1.29 is 9.32 Å². The van der Waals surface area contributed by atoms with Crippen molar-refractivity contribution in [1.29, 1.82) is 0 Å². The maximum absolute atomic E-state index is 13.1. The molecular weight excluding hydrogens is 374 g/mol. The lowest BCUT2D eigenvalue weighted by Gasteiger charge is -2.41. The van der Waals surface area contributed by atoms with Gasteiger partial charge in [0.05, 0.1) is 5.56 Å². The van der Waals surface area contributed by atoms with E-state index in [4.69, 9.17) is 10.3 Å². The Labute approximate surface area is 170 Å². The summed E-state index contributed by atoms with van der Waals surface area (Å²) in [5, 5.41) is 3.99. The number of hydrogen-bond acceptors (Lipinski definition) is 4. The number of nitrogens with zero attached hydrogens (tertiary/aromatic N) is 2. The van der Waals surface area contributed by atoms with Gasteiger partial charge < -0.3 is 15.2 Å². The van der Waals surface area contributed by atoms with Crippen LogP contribution in [0.25, 0.3) is 11.1 Å². The molecule has 146 valence electrons. The Kier molecular flexibility index (Phi) is 6.17. The van der Waals surface area contributed by atoms with Crippen molar-refractivity contribution in [2.45, 2.75) is 18.3 Å². The van der Waals surface area contributed by atoms with Gasteiger partial charge in [0.2, 0.25) is 0 Å². The zero-order chi connectivity index (χ0) is 18.7. The summed E-state index contributed by atoms with van der Waals surface area (Å²) >= 11 is 0. The lowest BCUT2D eigenvalue weighted by atomic mass is 9.73. The molecule has 5 nitrogen and oxygen atoms in total. The van der Waals surface area contributed by atoms with Gasteiger partial charge in [0, 0.05) is 25.0 Å². The molecule has 2 N–H and O–H groups in total. The van der Waals surface area contributed by atoms with Crippen molar-refractivity contribution in [2.75, 3.05) is 19.6 Å². The van der Waals surface area contributed by atoms with Crippen LogP contribution < -0.4 is 5.73 Å². The summed E-state index contributed by atoms with van der Waals surface area (Å²) in [5.74, 6) is -0.0821. The highest BCUT2D eigenvalue weighted by atomic mass is 35.5. The summed E-state index contributed by atoms with van der Waals surface area (Å²) < 4.78 is 5.13. The van der Waals surface area contributed by atoms with Gasteiger partial charge in [-0.05, 0) is 24.0 Å². The van der Waals surface area contributed by atoms with E-state index in [1.165, 1.54) is 5.56 Å². The molecule has 2 heterocycles. The number of rotatable bonds is 4. The monoisotopic (exact) mass is 397 g/mol. The highest BCUT2D eigenvalue weighted by Crippen LogP contribution is 2.35. The molecule has 0 unspecified atom stereocenters. The van der Waals surface area contributed by atoms with Crippen LogP contribution >= 0.6 is 12.4 Å². The molecule has 0 atom stereocenters. The standard InChI is InChI=1S/C22H23N3O2.ClH/c23-16-22(18-9-5-2-6-10-18)11-13-25(14-12-22)21(26)20-19(15-27-24-20)17-7-3-1-4-8-17;/h1-10,15H,11-14,16,23H2;1H. The molecule has 1 aromatic heterocycles. The lowest BCUT2D eigenvalue weighted by Crippen LogP contribution is -2.48. The Bertz CT molecular complexity index is 904. The van der Waals surface area contributed by atoms with E-state index in [1.807, 2.05) is 53.4 Å². The highest BCUT2D eigenvalue weighted by molar-refractivity contribution is 5.98. The minimum Gasteiger partial charge on any atom is -0.363 e. The minimum atomic E-state index is -0.0821. The molecule has 28 heavy (non-hydrogen) atoms. The second-order valence-electron chi connectivity index (χ2n) is 7.09. The van der Waals surface area contributed by atoms with Crippen LogP contribution in [-0.4, -0.2) is 35.6 Å². The SMILES string of the molecule is Cl.NCC1(c2ccccc2)CCN(C(=O)c2nocc2-c2ccccc2)CC1. The fourth-order valence-corrected chi connectivity index (χ4v) is 3.90. The molecule has 1 fully saturated rings. The molecule has 0 aliphatic carbocycles. The molecule has 3 aromatic rings. The summed E-state index contributed by atoms with van der Waals surface area (Å²) in [6.07, 6.45) is 3.23. The van der Waals surface area contributed by atoms with Crippen LogP contribution in [0.2, 0.25) is 0 Å². The second kappa shape index (κ2) is 8.59. The van der Waals surface area contributed by atoms with Crippen molar-refractivity contribution in [3.63, 3.8) is 0 Å². The summed E-state index contributed by atoms with van der Waals surface area (Å²) in [7, 11) is 0. The van der Waals surface area contributed by atoms with Gasteiger partial charge in [-0.2, -0.15) is 0 Å². The van der Waals surface area contributed by atoms with Gasteiger partial charge in [0.15, 0.2) is 5.69 Å². The topological polar surface area (TPSA) is 72.4 Å². The predicted octanol–water partition coefficient (Wildman–Crippen LogP) is 3.90. The first-order chi connectivity index (χ1) is 13.2. The minimum absolute atomic E-state index is 0. The van der Waals surface area contributed by atoms with Gasteiger partial charge in [0.1, 0.15) is 6.26 Å². The summed E-state index contributed by atoms with van der Waals surface area (Å²) in [4.78, 5) is 14.9. The maximum atomic E-state index is 13.1. The molecule has 0 bridgehead atoms. The van der Waals surface area contributed by atoms with Crippen LogP contribution in [-0.2, 0) is 5.41 Å². The van der Waals surface area contributed by atoms with Crippen molar-refractivity contribution >= 4 is 18.3 Å². The largest absolute Gasteiger partial charge is 0.363 e. The Balaban J connectivity index is 0.00000225. The van der Waals surface area contributed by atoms with E-state index in [9.17, 15) is 4.79 Å². The number of carbonyl (C=O) groups is 1.